The Morgan fingerprint density at radius 2 is 1.74 bits per heavy atom. The first-order chi connectivity index (χ1) is 11.0. The highest BCUT2D eigenvalue weighted by molar-refractivity contribution is 5.83. The third-order valence-corrected chi connectivity index (χ3v) is 5.07. The normalized spacial score (nSPS) is 18.6. The largest absolute Gasteiger partial charge is 0.358 e. The molecule has 3 rings (SSSR count). The van der Waals surface area contributed by atoms with Gasteiger partial charge in [-0.25, -0.2) is 0 Å². The lowest BCUT2D eigenvalue weighted by Crippen LogP contribution is -2.44. The van der Waals surface area contributed by atoms with Gasteiger partial charge < -0.3 is 10.2 Å². The minimum absolute atomic E-state index is 0.0519. The van der Waals surface area contributed by atoms with Crippen molar-refractivity contribution in [1.29, 1.82) is 0 Å². The number of hydrogen-bond acceptors (Lipinski definition) is 2. The fourth-order valence-corrected chi connectivity index (χ4v) is 3.32. The van der Waals surface area contributed by atoms with E-state index >= 15 is 0 Å². The molecule has 0 bridgehead atoms. The second-order valence-corrected chi connectivity index (χ2v) is 6.81. The molecule has 0 fully saturated rings. The summed E-state index contributed by atoms with van der Waals surface area (Å²) in [5, 5.41) is 3.02. The van der Waals surface area contributed by atoms with E-state index in [1.165, 1.54) is 11.3 Å². The van der Waals surface area contributed by atoms with Gasteiger partial charge in [0, 0.05) is 23.7 Å². The van der Waals surface area contributed by atoms with Gasteiger partial charge in [0.15, 0.2) is 0 Å². The highest BCUT2D eigenvalue weighted by Gasteiger charge is 2.41. The van der Waals surface area contributed by atoms with Crippen LogP contribution in [0.1, 0.15) is 31.9 Å². The Morgan fingerprint density at radius 3 is 2.48 bits per heavy atom. The fourth-order valence-electron chi connectivity index (χ4n) is 3.32. The molecule has 0 spiro atoms. The molecule has 0 saturated heterocycles. The third kappa shape index (κ3) is 2.96. The molecule has 1 N–H and O–H groups in total. The van der Waals surface area contributed by atoms with Gasteiger partial charge in [-0.3, -0.25) is 4.79 Å². The zero-order valence-electron chi connectivity index (χ0n) is 14.0. The van der Waals surface area contributed by atoms with E-state index < -0.39 is 0 Å². The molecule has 1 atom stereocenters. The Bertz CT molecular complexity index is 694. The van der Waals surface area contributed by atoms with Crippen LogP contribution in [-0.2, 0) is 16.8 Å². The predicted octanol–water partition coefficient (Wildman–Crippen LogP) is 3.49. The van der Waals surface area contributed by atoms with Gasteiger partial charge in [0.2, 0.25) is 5.91 Å². The molecule has 2 aromatic rings. The number of amides is 1. The van der Waals surface area contributed by atoms with Crippen molar-refractivity contribution < 1.29 is 4.79 Å². The van der Waals surface area contributed by atoms with Crippen molar-refractivity contribution in [1.82, 2.24) is 5.32 Å². The number of benzene rings is 2. The summed E-state index contributed by atoms with van der Waals surface area (Å²) in [5.74, 6) is 0.0632. The van der Waals surface area contributed by atoms with Crippen LogP contribution in [0.4, 0.5) is 5.69 Å². The van der Waals surface area contributed by atoms with Crippen molar-refractivity contribution >= 4 is 11.6 Å². The molecule has 1 heterocycles. The van der Waals surface area contributed by atoms with E-state index in [-0.39, 0.29) is 11.3 Å². The van der Waals surface area contributed by atoms with Crippen molar-refractivity contribution in [2.24, 2.45) is 0 Å². The Hall–Kier alpha value is -2.29. The maximum atomic E-state index is 12.4. The molecule has 1 aliphatic heterocycles. The average molecular weight is 308 g/mol. The maximum absolute atomic E-state index is 12.4. The molecule has 120 valence electrons. The van der Waals surface area contributed by atoms with Crippen LogP contribution in [-0.4, -0.2) is 18.5 Å². The standard InChI is InChI=1S/C20H24N2O/c1-15-20(2,3)17-11-7-8-12-18(17)22(15)14-19(23)21-13-16-9-5-4-6-10-16/h4-12,15H,13-14H2,1-3H3,(H,21,23)/t15-/m0/s1. The highest BCUT2D eigenvalue weighted by Crippen LogP contribution is 2.44. The van der Waals surface area contributed by atoms with Crippen molar-refractivity contribution in [3.05, 3.63) is 65.7 Å². The Kier molecular flexibility index (Phi) is 4.12. The van der Waals surface area contributed by atoms with Gasteiger partial charge in [-0.05, 0) is 24.1 Å². The SMILES string of the molecule is C[C@@H]1N(CC(=O)NCc2ccccc2)c2ccccc2C1(C)C. The predicted molar refractivity (Wildman–Crippen MR) is 94.6 cm³/mol. The zero-order valence-corrected chi connectivity index (χ0v) is 14.0. The van der Waals surface area contributed by atoms with Gasteiger partial charge >= 0.3 is 0 Å². The van der Waals surface area contributed by atoms with Crippen LogP contribution in [0.2, 0.25) is 0 Å². The van der Waals surface area contributed by atoms with Gasteiger partial charge in [0.25, 0.3) is 0 Å². The van der Waals surface area contributed by atoms with E-state index in [0.717, 1.165) is 5.56 Å². The summed E-state index contributed by atoms with van der Waals surface area (Å²) in [4.78, 5) is 14.6. The topological polar surface area (TPSA) is 32.3 Å². The summed E-state index contributed by atoms with van der Waals surface area (Å²) in [7, 11) is 0. The summed E-state index contributed by atoms with van der Waals surface area (Å²) in [5.41, 5.74) is 3.68. The molecular formula is C20H24N2O. The van der Waals surface area contributed by atoms with E-state index in [0.29, 0.717) is 19.1 Å². The minimum Gasteiger partial charge on any atom is -0.358 e. The van der Waals surface area contributed by atoms with E-state index in [1.54, 1.807) is 0 Å². The smallest absolute Gasteiger partial charge is 0.239 e. The third-order valence-electron chi connectivity index (χ3n) is 5.07. The van der Waals surface area contributed by atoms with Crippen LogP contribution in [0.3, 0.4) is 0 Å². The lowest BCUT2D eigenvalue weighted by Gasteiger charge is -2.31. The first-order valence-corrected chi connectivity index (χ1v) is 8.17. The first-order valence-electron chi connectivity index (χ1n) is 8.17. The van der Waals surface area contributed by atoms with Crippen molar-refractivity contribution in [2.75, 3.05) is 11.4 Å². The number of para-hydroxylation sites is 1. The number of fused-ring (bicyclic) bond motifs is 1. The number of carbonyl (C=O) groups excluding carboxylic acids is 1. The van der Waals surface area contributed by atoms with Crippen LogP contribution in [0.5, 0.6) is 0 Å². The minimum atomic E-state index is 0.0519. The van der Waals surface area contributed by atoms with E-state index in [1.807, 2.05) is 36.4 Å². The van der Waals surface area contributed by atoms with Gasteiger partial charge in [-0.1, -0.05) is 62.4 Å². The van der Waals surface area contributed by atoms with E-state index in [2.05, 4.69) is 49.2 Å². The Morgan fingerprint density at radius 1 is 1.09 bits per heavy atom. The van der Waals surface area contributed by atoms with Crippen LogP contribution < -0.4 is 10.2 Å². The van der Waals surface area contributed by atoms with Gasteiger partial charge in [-0.15, -0.1) is 0 Å². The molecule has 2 aromatic carbocycles. The molecule has 3 nitrogen and oxygen atoms in total. The second-order valence-electron chi connectivity index (χ2n) is 6.81. The number of hydrogen-bond donors (Lipinski definition) is 1. The highest BCUT2D eigenvalue weighted by atomic mass is 16.2. The Labute approximate surface area is 138 Å². The molecule has 1 aliphatic rings. The molecule has 1 amide bonds. The van der Waals surface area contributed by atoms with E-state index in [4.69, 9.17) is 0 Å². The lowest BCUT2D eigenvalue weighted by atomic mass is 9.81. The fraction of sp³-hybridized carbons (Fsp3) is 0.350. The summed E-state index contributed by atoms with van der Waals surface area (Å²) in [6.45, 7) is 7.67. The molecule has 3 heteroatoms. The molecule has 0 aliphatic carbocycles. The number of nitrogens with zero attached hydrogens (tertiary/aromatic N) is 1. The quantitative estimate of drug-likeness (QED) is 0.938. The zero-order chi connectivity index (χ0) is 16.4. The Balaban J connectivity index is 1.69. The first kappa shape index (κ1) is 15.6. The van der Waals surface area contributed by atoms with Crippen LogP contribution in [0.15, 0.2) is 54.6 Å². The molecule has 0 radical (unpaired) electrons. The van der Waals surface area contributed by atoms with Gasteiger partial charge in [-0.2, -0.15) is 0 Å². The van der Waals surface area contributed by atoms with Crippen molar-refractivity contribution in [3.8, 4) is 0 Å². The molecule has 0 aromatic heterocycles. The van der Waals surface area contributed by atoms with Crippen LogP contribution >= 0.6 is 0 Å². The van der Waals surface area contributed by atoms with Gasteiger partial charge in [0.05, 0.1) is 6.54 Å². The number of carbonyl (C=O) groups is 1. The molecule has 0 unspecified atom stereocenters. The number of nitrogens with one attached hydrogen (secondary N) is 1. The lowest BCUT2D eigenvalue weighted by molar-refractivity contribution is -0.120. The average Bonchev–Trinajstić information content (AvgIpc) is 2.75. The maximum Gasteiger partial charge on any atom is 0.239 e. The van der Waals surface area contributed by atoms with E-state index in [9.17, 15) is 4.79 Å². The van der Waals surface area contributed by atoms with Crippen molar-refractivity contribution in [2.45, 2.75) is 38.8 Å². The summed E-state index contributed by atoms with van der Waals surface area (Å²) < 4.78 is 0. The second kappa shape index (κ2) is 6.07. The number of rotatable bonds is 4. The van der Waals surface area contributed by atoms with Gasteiger partial charge in [0.1, 0.15) is 0 Å². The van der Waals surface area contributed by atoms with Crippen LogP contribution in [0, 0.1) is 0 Å². The van der Waals surface area contributed by atoms with Crippen molar-refractivity contribution in [3.63, 3.8) is 0 Å². The molecule has 0 saturated carbocycles. The number of anilines is 1. The summed E-state index contributed by atoms with van der Waals surface area (Å²) in [6, 6.07) is 18.7. The summed E-state index contributed by atoms with van der Waals surface area (Å²) >= 11 is 0. The molecule has 23 heavy (non-hydrogen) atoms. The molecular weight excluding hydrogens is 284 g/mol. The summed E-state index contributed by atoms with van der Waals surface area (Å²) in [6.07, 6.45) is 0. The monoisotopic (exact) mass is 308 g/mol. The van der Waals surface area contributed by atoms with Crippen LogP contribution in [0.25, 0.3) is 0 Å².